The van der Waals surface area contributed by atoms with Gasteiger partial charge in [-0.15, -0.1) is 23.1 Å². The first-order valence-electron chi connectivity index (χ1n) is 3.78. The van der Waals surface area contributed by atoms with Crippen LogP contribution in [-0.2, 0) is 6.42 Å². The lowest BCUT2D eigenvalue weighted by Gasteiger charge is -1.88. The lowest BCUT2D eigenvalue weighted by Crippen LogP contribution is -1.74. The van der Waals surface area contributed by atoms with Crippen molar-refractivity contribution >= 4 is 23.1 Å². The molecule has 1 nitrogen and oxygen atoms in total. The van der Waals surface area contributed by atoms with Crippen LogP contribution in [0, 0.1) is 18.3 Å². The molecular formula is C9H11NS2. The third kappa shape index (κ3) is 2.26. The molecule has 3 heteroatoms. The molecule has 1 aromatic heterocycles. The van der Waals surface area contributed by atoms with E-state index in [9.17, 15) is 0 Å². The fourth-order valence-electron chi connectivity index (χ4n) is 1.03. The zero-order chi connectivity index (χ0) is 8.97. The van der Waals surface area contributed by atoms with Crippen LogP contribution < -0.4 is 0 Å². The predicted octanol–water partition coefficient (Wildman–Crippen LogP) is 3.23. The maximum absolute atomic E-state index is 8.41. The Labute approximate surface area is 81.4 Å². The first-order chi connectivity index (χ1) is 5.77. The molecule has 0 aromatic carbocycles. The minimum atomic E-state index is 0.633. The predicted molar refractivity (Wildman–Crippen MR) is 54.8 cm³/mol. The smallest absolute Gasteiger partial charge is 0.0628 e. The topological polar surface area (TPSA) is 23.8 Å². The Balaban J connectivity index is 2.70. The van der Waals surface area contributed by atoms with Crippen molar-refractivity contribution < 1.29 is 0 Å². The Hall–Kier alpha value is -0.460. The van der Waals surface area contributed by atoms with Crippen LogP contribution in [0.4, 0.5) is 0 Å². The summed E-state index contributed by atoms with van der Waals surface area (Å²) in [6, 6.07) is 4.35. The van der Waals surface area contributed by atoms with E-state index in [4.69, 9.17) is 5.26 Å². The second kappa shape index (κ2) is 4.54. The van der Waals surface area contributed by atoms with Crippen molar-refractivity contribution in [1.29, 1.82) is 5.26 Å². The van der Waals surface area contributed by atoms with Gasteiger partial charge < -0.3 is 0 Å². The number of nitrogens with zero attached hydrogens (tertiary/aromatic N) is 1. The lowest BCUT2D eigenvalue weighted by atomic mass is 10.2. The number of thiophene rings is 1. The quantitative estimate of drug-likeness (QED) is 0.695. The van der Waals surface area contributed by atoms with Gasteiger partial charge in [-0.3, -0.25) is 0 Å². The fraction of sp³-hybridized carbons (Fsp3) is 0.444. The van der Waals surface area contributed by atoms with Crippen molar-refractivity contribution in [2.24, 2.45) is 0 Å². The molecule has 0 fully saturated rings. The van der Waals surface area contributed by atoms with Gasteiger partial charge in [0.05, 0.1) is 10.3 Å². The van der Waals surface area contributed by atoms with Crippen molar-refractivity contribution in [2.45, 2.75) is 24.0 Å². The summed E-state index contributed by atoms with van der Waals surface area (Å²) in [5.74, 6) is 0. The molecule has 0 N–H and O–H groups in total. The van der Waals surface area contributed by atoms with Crippen molar-refractivity contribution in [3.63, 3.8) is 0 Å². The molecule has 1 rings (SSSR count). The van der Waals surface area contributed by atoms with E-state index in [0.29, 0.717) is 6.42 Å². The molecule has 0 bridgehead atoms. The highest BCUT2D eigenvalue weighted by atomic mass is 32.2. The maximum Gasteiger partial charge on any atom is 0.0628 e. The van der Waals surface area contributed by atoms with Gasteiger partial charge in [0.1, 0.15) is 0 Å². The van der Waals surface area contributed by atoms with Crippen LogP contribution in [0.15, 0.2) is 10.3 Å². The van der Waals surface area contributed by atoms with Gasteiger partial charge in [-0.25, -0.2) is 0 Å². The third-order valence-corrected chi connectivity index (χ3v) is 4.13. The molecule has 0 aliphatic heterocycles. The Morgan fingerprint density at radius 3 is 2.92 bits per heavy atom. The molecule has 0 atom stereocenters. The summed E-state index contributed by atoms with van der Waals surface area (Å²) in [5.41, 5.74) is 1.35. The summed E-state index contributed by atoms with van der Waals surface area (Å²) in [6.45, 7) is 2.12. The number of hydrogen-bond acceptors (Lipinski definition) is 3. The Kier molecular flexibility index (Phi) is 3.64. The summed E-state index contributed by atoms with van der Waals surface area (Å²) in [7, 11) is 0. The van der Waals surface area contributed by atoms with Crippen molar-refractivity contribution in [3.05, 3.63) is 16.5 Å². The molecule has 1 aromatic rings. The van der Waals surface area contributed by atoms with E-state index in [1.807, 2.05) is 11.3 Å². The normalized spacial score (nSPS) is 9.75. The Morgan fingerprint density at radius 2 is 2.42 bits per heavy atom. The molecule has 64 valence electrons. The van der Waals surface area contributed by atoms with Crippen LogP contribution in [0.3, 0.4) is 0 Å². The van der Waals surface area contributed by atoms with Gasteiger partial charge >= 0.3 is 0 Å². The summed E-state index contributed by atoms with van der Waals surface area (Å²) in [5, 5.41) is 8.41. The second-order valence-corrected chi connectivity index (χ2v) is 4.76. The van der Waals surface area contributed by atoms with Gasteiger partial charge in [0.25, 0.3) is 0 Å². The molecule has 0 saturated heterocycles. The highest BCUT2D eigenvalue weighted by Gasteiger charge is 2.03. The molecule has 0 unspecified atom stereocenters. The number of aryl methyl sites for hydroxylation is 2. The van der Waals surface area contributed by atoms with Gasteiger partial charge in [-0.2, -0.15) is 5.26 Å². The zero-order valence-corrected chi connectivity index (χ0v) is 8.89. The first-order valence-corrected chi connectivity index (χ1v) is 5.82. The van der Waals surface area contributed by atoms with Crippen LogP contribution in [-0.4, -0.2) is 6.26 Å². The number of hydrogen-bond donors (Lipinski definition) is 0. The Morgan fingerprint density at radius 1 is 1.67 bits per heavy atom. The van der Waals surface area contributed by atoms with Crippen LogP contribution >= 0.6 is 23.1 Å². The summed E-state index contributed by atoms with van der Waals surface area (Å²) < 4.78 is 1.38. The van der Waals surface area contributed by atoms with E-state index in [2.05, 4.69) is 25.3 Å². The van der Waals surface area contributed by atoms with Gasteiger partial charge in [0, 0.05) is 11.3 Å². The molecule has 0 amide bonds. The van der Waals surface area contributed by atoms with Crippen molar-refractivity contribution in [1.82, 2.24) is 0 Å². The van der Waals surface area contributed by atoms with Gasteiger partial charge in [0.2, 0.25) is 0 Å². The fourth-order valence-corrected chi connectivity index (χ4v) is 2.97. The van der Waals surface area contributed by atoms with Crippen LogP contribution in [0.5, 0.6) is 0 Å². The largest absolute Gasteiger partial charge is 0.198 e. The first kappa shape index (κ1) is 9.63. The molecule has 0 aliphatic rings. The van der Waals surface area contributed by atoms with E-state index in [0.717, 1.165) is 6.42 Å². The molecule has 0 aliphatic carbocycles. The third-order valence-electron chi connectivity index (χ3n) is 1.59. The minimum Gasteiger partial charge on any atom is -0.198 e. The number of thioether (sulfide) groups is 1. The van der Waals surface area contributed by atoms with E-state index in [-0.39, 0.29) is 0 Å². The molecule has 0 radical (unpaired) electrons. The monoisotopic (exact) mass is 197 g/mol. The molecular weight excluding hydrogens is 186 g/mol. The van der Waals surface area contributed by atoms with Crippen LogP contribution in [0.2, 0.25) is 0 Å². The summed E-state index contributed by atoms with van der Waals surface area (Å²) in [4.78, 5) is 1.33. The SMILES string of the molecule is CSc1sc(CCC#N)cc1C. The lowest BCUT2D eigenvalue weighted by molar-refractivity contribution is 1.04. The van der Waals surface area contributed by atoms with Crippen LogP contribution in [0.1, 0.15) is 16.9 Å². The molecule has 0 spiro atoms. The van der Waals surface area contributed by atoms with Crippen molar-refractivity contribution in [2.75, 3.05) is 6.26 Å². The Bertz CT molecular complexity index is 296. The van der Waals surface area contributed by atoms with E-state index in [1.165, 1.54) is 14.6 Å². The molecule has 1 heterocycles. The van der Waals surface area contributed by atoms with Gasteiger partial charge in [0.15, 0.2) is 0 Å². The average Bonchev–Trinajstić information content (AvgIpc) is 2.43. The molecule has 12 heavy (non-hydrogen) atoms. The standard InChI is InChI=1S/C9H11NS2/c1-7-6-8(4-3-5-10)12-9(7)11-2/h6H,3-4H2,1-2H3. The molecule has 0 saturated carbocycles. The van der Waals surface area contributed by atoms with E-state index < -0.39 is 0 Å². The van der Waals surface area contributed by atoms with E-state index >= 15 is 0 Å². The zero-order valence-electron chi connectivity index (χ0n) is 7.26. The average molecular weight is 197 g/mol. The van der Waals surface area contributed by atoms with Gasteiger partial charge in [-0.1, -0.05) is 0 Å². The summed E-state index contributed by atoms with van der Waals surface area (Å²) >= 11 is 3.60. The van der Waals surface area contributed by atoms with Crippen molar-refractivity contribution in [3.8, 4) is 6.07 Å². The minimum absolute atomic E-state index is 0.633. The summed E-state index contributed by atoms with van der Waals surface area (Å²) in [6.07, 6.45) is 3.63. The number of nitriles is 1. The van der Waals surface area contributed by atoms with Crippen LogP contribution in [0.25, 0.3) is 0 Å². The van der Waals surface area contributed by atoms with Gasteiger partial charge in [-0.05, 0) is 31.2 Å². The maximum atomic E-state index is 8.41. The highest BCUT2D eigenvalue weighted by Crippen LogP contribution is 2.30. The second-order valence-electron chi connectivity index (χ2n) is 2.55. The van der Waals surface area contributed by atoms with E-state index in [1.54, 1.807) is 11.8 Å². The number of rotatable bonds is 3. The highest BCUT2D eigenvalue weighted by molar-refractivity contribution is 8.00.